The normalized spacial score (nSPS) is 10.9. The lowest BCUT2D eigenvalue weighted by Gasteiger charge is -2.14. The van der Waals surface area contributed by atoms with E-state index in [9.17, 15) is 4.79 Å². The number of nitrogens with zero attached hydrogens (tertiary/aromatic N) is 1. The Morgan fingerprint density at radius 2 is 2.14 bits per heavy atom. The van der Waals surface area contributed by atoms with Gasteiger partial charge in [0.1, 0.15) is 5.69 Å². The van der Waals surface area contributed by atoms with E-state index in [0.717, 1.165) is 5.69 Å². The van der Waals surface area contributed by atoms with Gasteiger partial charge < -0.3 is 14.8 Å². The number of hydrogen-bond acceptors (Lipinski definition) is 2. The highest BCUT2D eigenvalue weighted by Gasteiger charge is 2.15. The van der Waals surface area contributed by atoms with Crippen LogP contribution in [0.5, 0.6) is 0 Å². The van der Waals surface area contributed by atoms with Crippen LogP contribution in [0.4, 0.5) is 0 Å². The number of carbonyl (C=O) groups is 1. The molecular weight excluding hydrogens is 182 g/mol. The van der Waals surface area contributed by atoms with Crippen molar-refractivity contribution in [3.8, 4) is 0 Å². The Morgan fingerprint density at radius 3 is 2.57 bits per heavy atom. The van der Waals surface area contributed by atoms with Crippen LogP contribution in [-0.2, 0) is 6.42 Å². The second-order valence-corrected chi connectivity index (χ2v) is 3.45. The average molecular weight is 197 g/mol. The number of hydrogen-bond donors (Lipinski definition) is 2. The van der Waals surface area contributed by atoms with Gasteiger partial charge in [-0.25, -0.2) is 4.79 Å². The Labute approximate surface area is 82.8 Å². The van der Waals surface area contributed by atoms with Crippen molar-refractivity contribution in [3.05, 3.63) is 23.5 Å². The van der Waals surface area contributed by atoms with Gasteiger partial charge in [0, 0.05) is 24.8 Å². The molecule has 0 aliphatic carbocycles. The Bertz CT molecular complexity index is 328. The lowest BCUT2D eigenvalue weighted by Crippen LogP contribution is -2.14. The number of aromatic nitrogens is 1. The summed E-state index contributed by atoms with van der Waals surface area (Å²) < 4.78 is 1.73. The van der Waals surface area contributed by atoms with E-state index in [1.165, 1.54) is 0 Å². The molecule has 1 heterocycles. The maximum atomic E-state index is 10.9. The Hall–Kier alpha value is -1.29. The van der Waals surface area contributed by atoms with Crippen LogP contribution in [0.1, 0.15) is 36.1 Å². The van der Waals surface area contributed by atoms with Crippen LogP contribution in [-0.4, -0.2) is 27.4 Å². The summed E-state index contributed by atoms with van der Waals surface area (Å²) in [5, 5.41) is 17.7. The molecule has 0 atom stereocenters. The van der Waals surface area contributed by atoms with Gasteiger partial charge in [0.2, 0.25) is 0 Å². The molecule has 0 aliphatic rings. The van der Waals surface area contributed by atoms with Gasteiger partial charge in [-0.2, -0.15) is 0 Å². The Kier molecular flexibility index (Phi) is 3.30. The van der Waals surface area contributed by atoms with Crippen LogP contribution in [0.2, 0.25) is 0 Å². The van der Waals surface area contributed by atoms with E-state index < -0.39 is 5.97 Å². The maximum absolute atomic E-state index is 10.9. The van der Waals surface area contributed by atoms with E-state index in [4.69, 9.17) is 10.2 Å². The van der Waals surface area contributed by atoms with Crippen molar-refractivity contribution >= 4 is 5.97 Å². The fourth-order valence-electron chi connectivity index (χ4n) is 1.59. The fourth-order valence-corrected chi connectivity index (χ4v) is 1.59. The van der Waals surface area contributed by atoms with E-state index >= 15 is 0 Å². The van der Waals surface area contributed by atoms with Crippen molar-refractivity contribution in [2.45, 2.75) is 26.3 Å². The second-order valence-electron chi connectivity index (χ2n) is 3.45. The summed E-state index contributed by atoms with van der Waals surface area (Å²) in [7, 11) is 0. The fraction of sp³-hybridized carbons (Fsp3) is 0.500. The van der Waals surface area contributed by atoms with Gasteiger partial charge in [0.25, 0.3) is 0 Å². The summed E-state index contributed by atoms with van der Waals surface area (Å²) in [6, 6.07) is 3.42. The summed E-state index contributed by atoms with van der Waals surface area (Å²) in [4.78, 5) is 10.9. The van der Waals surface area contributed by atoms with Crippen molar-refractivity contribution in [2.75, 3.05) is 6.61 Å². The molecule has 1 aromatic heterocycles. The zero-order chi connectivity index (χ0) is 10.7. The summed E-state index contributed by atoms with van der Waals surface area (Å²) >= 11 is 0. The summed E-state index contributed by atoms with van der Waals surface area (Å²) in [5.74, 6) is -0.928. The van der Waals surface area contributed by atoms with E-state index in [-0.39, 0.29) is 18.3 Å². The molecule has 0 fully saturated rings. The van der Waals surface area contributed by atoms with E-state index in [1.54, 1.807) is 16.7 Å². The van der Waals surface area contributed by atoms with Gasteiger partial charge in [-0.15, -0.1) is 0 Å². The second kappa shape index (κ2) is 4.28. The molecule has 0 aromatic carbocycles. The number of rotatable bonds is 4. The molecule has 0 amide bonds. The van der Waals surface area contributed by atoms with E-state index in [0.29, 0.717) is 6.42 Å². The minimum absolute atomic E-state index is 0.0375. The molecule has 1 rings (SSSR count). The lowest BCUT2D eigenvalue weighted by atomic mass is 10.3. The van der Waals surface area contributed by atoms with Crippen LogP contribution >= 0.6 is 0 Å². The number of aromatic carboxylic acids is 1. The topological polar surface area (TPSA) is 62.5 Å². The van der Waals surface area contributed by atoms with Crippen molar-refractivity contribution in [2.24, 2.45) is 0 Å². The summed E-state index contributed by atoms with van der Waals surface area (Å²) in [6.07, 6.45) is 0.492. The maximum Gasteiger partial charge on any atom is 0.352 e. The number of aliphatic hydroxyl groups excluding tert-OH is 1. The third-order valence-electron chi connectivity index (χ3n) is 2.11. The average Bonchev–Trinajstić information content (AvgIpc) is 2.48. The van der Waals surface area contributed by atoms with Crippen molar-refractivity contribution in [3.63, 3.8) is 0 Å². The van der Waals surface area contributed by atoms with Gasteiger partial charge >= 0.3 is 5.97 Å². The predicted molar refractivity (Wildman–Crippen MR) is 52.6 cm³/mol. The zero-order valence-corrected chi connectivity index (χ0v) is 8.40. The molecule has 0 bridgehead atoms. The Balaban J connectivity index is 3.13. The van der Waals surface area contributed by atoms with Crippen molar-refractivity contribution < 1.29 is 15.0 Å². The van der Waals surface area contributed by atoms with Crippen LogP contribution in [0.25, 0.3) is 0 Å². The lowest BCUT2D eigenvalue weighted by molar-refractivity contribution is 0.0682. The van der Waals surface area contributed by atoms with Crippen LogP contribution in [0.3, 0.4) is 0 Å². The minimum Gasteiger partial charge on any atom is -0.477 e. The van der Waals surface area contributed by atoms with Crippen molar-refractivity contribution in [1.82, 2.24) is 4.57 Å². The first-order chi connectivity index (χ1) is 6.57. The van der Waals surface area contributed by atoms with E-state index in [1.807, 2.05) is 13.8 Å². The highest BCUT2D eigenvalue weighted by atomic mass is 16.4. The van der Waals surface area contributed by atoms with Gasteiger partial charge in [-0.3, -0.25) is 0 Å². The Morgan fingerprint density at radius 1 is 1.50 bits per heavy atom. The van der Waals surface area contributed by atoms with Crippen LogP contribution in [0, 0.1) is 0 Å². The molecule has 0 saturated heterocycles. The summed E-state index contributed by atoms with van der Waals surface area (Å²) in [6.45, 7) is 3.89. The highest BCUT2D eigenvalue weighted by Crippen LogP contribution is 2.16. The third-order valence-corrected chi connectivity index (χ3v) is 2.11. The van der Waals surface area contributed by atoms with Crippen LogP contribution in [0.15, 0.2) is 12.1 Å². The largest absolute Gasteiger partial charge is 0.477 e. The van der Waals surface area contributed by atoms with E-state index in [2.05, 4.69) is 0 Å². The molecule has 0 saturated carbocycles. The molecular formula is C10H15NO3. The minimum atomic E-state index is -0.928. The number of carboxylic acid groups (broad SMARTS) is 1. The SMILES string of the molecule is CC(C)n1c(CCO)ccc1C(=O)O. The van der Waals surface area contributed by atoms with Gasteiger partial charge in [-0.1, -0.05) is 0 Å². The van der Waals surface area contributed by atoms with Gasteiger partial charge in [0.05, 0.1) is 0 Å². The van der Waals surface area contributed by atoms with Gasteiger partial charge in [0.15, 0.2) is 0 Å². The molecule has 14 heavy (non-hydrogen) atoms. The monoisotopic (exact) mass is 197 g/mol. The first-order valence-corrected chi connectivity index (χ1v) is 4.62. The molecule has 2 N–H and O–H groups in total. The number of aliphatic hydroxyl groups is 1. The molecule has 0 radical (unpaired) electrons. The van der Waals surface area contributed by atoms with Gasteiger partial charge in [-0.05, 0) is 26.0 Å². The highest BCUT2D eigenvalue weighted by molar-refractivity contribution is 5.86. The molecule has 4 nitrogen and oxygen atoms in total. The van der Waals surface area contributed by atoms with Crippen molar-refractivity contribution in [1.29, 1.82) is 0 Å². The van der Waals surface area contributed by atoms with Crippen LogP contribution < -0.4 is 0 Å². The predicted octanol–water partition coefficient (Wildman–Crippen LogP) is 1.30. The quantitative estimate of drug-likeness (QED) is 0.764. The molecule has 1 aromatic rings. The first kappa shape index (κ1) is 10.8. The number of carboxylic acids is 1. The molecule has 0 spiro atoms. The molecule has 78 valence electrons. The molecule has 4 heteroatoms. The standard InChI is InChI=1S/C10H15NO3/c1-7(2)11-8(5-6-12)3-4-9(11)10(13)14/h3-4,7,12H,5-6H2,1-2H3,(H,13,14). The molecule has 0 aliphatic heterocycles. The zero-order valence-electron chi connectivity index (χ0n) is 8.40. The third kappa shape index (κ3) is 1.96. The molecule has 0 unspecified atom stereocenters. The smallest absolute Gasteiger partial charge is 0.352 e. The first-order valence-electron chi connectivity index (χ1n) is 4.62. The summed E-state index contributed by atoms with van der Waals surface area (Å²) in [5.41, 5.74) is 1.14.